The number of nitrogens with zero attached hydrogens (tertiary/aromatic N) is 4. The number of likely N-dealkylation sites (N-methyl/N-ethyl adjacent to an activating group) is 1. The molecule has 7 nitrogen and oxygen atoms in total. The minimum Gasteiger partial charge on any atom is -0.296 e. The van der Waals surface area contributed by atoms with Gasteiger partial charge in [0, 0.05) is 37.5 Å². The molecule has 1 amide bonds. The van der Waals surface area contributed by atoms with Crippen molar-refractivity contribution in [2.24, 2.45) is 0 Å². The molecule has 174 valence electrons. The first-order valence-corrected chi connectivity index (χ1v) is 13.5. The highest BCUT2D eigenvalue weighted by Gasteiger charge is 2.30. The molecule has 0 saturated carbocycles. The lowest BCUT2D eigenvalue weighted by Gasteiger charge is -2.16. The van der Waals surface area contributed by atoms with E-state index < -0.39 is 10.0 Å². The third-order valence-electron chi connectivity index (χ3n) is 5.85. The van der Waals surface area contributed by atoms with E-state index in [0.29, 0.717) is 39.1 Å². The van der Waals surface area contributed by atoms with Crippen molar-refractivity contribution in [1.82, 2.24) is 19.0 Å². The van der Waals surface area contributed by atoms with E-state index in [1.807, 2.05) is 42.6 Å². The average Bonchev–Trinajstić information content (AvgIpc) is 3.58. The zero-order valence-corrected chi connectivity index (χ0v) is 20.9. The SMILES string of the molecule is CN1C(=O)/C(=C/c2cn(-c3ccccc3)nc2-c2cccc(S(=O)(=O)N3CCCC3)c2)SC1=S. The van der Waals surface area contributed by atoms with Crippen LogP contribution in [0.2, 0.25) is 0 Å². The Hall–Kier alpha value is -2.79. The number of hydrogen-bond donors (Lipinski definition) is 0. The second-order valence-electron chi connectivity index (χ2n) is 8.09. The highest BCUT2D eigenvalue weighted by Crippen LogP contribution is 2.34. The van der Waals surface area contributed by atoms with Crippen LogP contribution < -0.4 is 0 Å². The fraction of sp³-hybridized carbons (Fsp3) is 0.208. The van der Waals surface area contributed by atoms with E-state index in [9.17, 15) is 13.2 Å². The number of aromatic nitrogens is 2. The molecule has 2 aliphatic heterocycles. The van der Waals surface area contributed by atoms with Crippen LogP contribution in [0, 0.1) is 0 Å². The fourth-order valence-electron chi connectivity index (χ4n) is 4.00. The Kier molecular flexibility index (Phi) is 6.15. The summed E-state index contributed by atoms with van der Waals surface area (Å²) in [6, 6.07) is 16.5. The molecular formula is C24H22N4O3S3. The number of thiocarbonyl (C=S) groups is 1. The molecule has 3 aromatic rings. The van der Waals surface area contributed by atoms with E-state index in [0.717, 1.165) is 18.5 Å². The minimum absolute atomic E-state index is 0.168. The Balaban J connectivity index is 1.62. The third-order valence-corrected chi connectivity index (χ3v) is 9.23. The van der Waals surface area contributed by atoms with Gasteiger partial charge >= 0.3 is 0 Å². The lowest BCUT2D eigenvalue weighted by molar-refractivity contribution is -0.121. The molecule has 0 radical (unpaired) electrons. The van der Waals surface area contributed by atoms with E-state index >= 15 is 0 Å². The van der Waals surface area contributed by atoms with Crippen molar-refractivity contribution in [3.05, 3.63) is 71.3 Å². The van der Waals surface area contributed by atoms with Gasteiger partial charge in [-0.1, -0.05) is 54.3 Å². The lowest BCUT2D eigenvalue weighted by atomic mass is 10.1. The molecule has 0 N–H and O–H groups in total. The van der Waals surface area contributed by atoms with Crippen LogP contribution in [-0.4, -0.2) is 57.8 Å². The van der Waals surface area contributed by atoms with Gasteiger partial charge < -0.3 is 0 Å². The minimum atomic E-state index is -3.57. The summed E-state index contributed by atoms with van der Waals surface area (Å²) < 4.78 is 30.0. The monoisotopic (exact) mass is 510 g/mol. The molecule has 3 heterocycles. The Morgan fingerprint density at radius 3 is 2.47 bits per heavy atom. The summed E-state index contributed by atoms with van der Waals surface area (Å²) in [5, 5.41) is 4.77. The summed E-state index contributed by atoms with van der Waals surface area (Å²) in [6.07, 6.45) is 5.36. The van der Waals surface area contributed by atoms with Crippen LogP contribution in [0.1, 0.15) is 18.4 Å². The maximum atomic E-state index is 13.1. The van der Waals surface area contributed by atoms with E-state index in [2.05, 4.69) is 0 Å². The number of amides is 1. The number of benzene rings is 2. The molecule has 2 fully saturated rings. The van der Waals surface area contributed by atoms with E-state index in [4.69, 9.17) is 17.3 Å². The number of carbonyl (C=O) groups excluding carboxylic acids is 1. The fourth-order valence-corrected chi connectivity index (χ4v) is 6.73. The van der Waals surface area contributed by atoms with Gasteiger partial charge in [0.2, 0.25) is 10.0 Å². The number of thioether (sulfide) groups is 1. The summed E-state index contributed by atoms with van der Waals surface area (Å²) in [7, 11) is -1.92. The predicted octanol–water partition coefficient (Wildman–Crippen LogP) is 4.15. The summed E-state index contributed by atoms with van der Waals surface area (Å²) in [4.78, 5) is 14.8. The number of para-hydroxylation sites is 1. The van der Waals surface area contributed by atoms with Crippen LogP contribution in [0.25, 0.3) is 23.0 Å². The first kappa shape index (κ1) is 23.0. The maximum Gasteiger partial charge on any atom is 0.265 e. The normalized spacial score (nSPS) is 18.4. The zero-order chi connectivity index (χ0) is 23.9. The maximum absolute atomic E-state index is 13.1. The van der Waals surface area contributed by atoms with Crippen molar-refractivity contribution in [1.29, 1.82) is 0 Å². The van der Waals surface area contributed by atoms with Gasteiger partial charge in [-0.25, -0.2) is 13.1 Å². The quantitative estimate of drug-likeness (QED) is 0.379. The highest BCUT2D eigenvalue weighted by atomic mass is 32.2. The molecule has 2 saturated heterocycles. The van der Waals surface area contributed by atoms with Crippen LogP contribution in [0.5, 0.6) is 0 Å². The van der Waals surface area contributed by atoms with Gasteiger partial charge in [0.15, 0.2) is 0 Å². The zero-order valence-electron chi connectivity index (χ0n) is 18.4. The molecule has 0 unspecified atom stereocenters. The van der Waals surface area contributed by atoms with Gasteiger partial charge in [-0.3, -0.25) is 9.69 Å². The number of rotatable bonds is 5. The van der Waals surface area contributed by atoms with Crippen LogP contribution >= 0.6 is 24.0 Å². The van der Waals surface area contributed by atoms with Crippen molar-refractivity contribution in [2.75, 3.05) is 20.1 Å². The van der Waals surface area contributed by atoms with Crippen LogP contribution in [-0.2, 0) is 14.8 Å². The van der Waals surface area contributed by atoms with E-state index in [-0.39, 0.29) is 10.8 Å². The third kappa shape index (κ3) is 4.22. The largest absolute Gasteiger partial charge is 0.296 e. The summed E-state index contributed by atoms with van der Waals surface area (Å²) in [6.45, 7) is 1.08. The molecule has 2 aromatic carbocycles. The van der Waals surface area contributed by atoms with Crippen LogP contribution in [0.15, 0.2) is 70.6 Å². The molecule has 0 atom stereocenters. The number of carbonyl (C=O) groups is 1. The van der Waals surface area contributed by atoms with Crippen molar-refractivity contribution in [3.8, 4) is 16.9 Å². The molecule has 0 bridgehead atoms. The van der Waals surface area contributed by atoms with Gasteiger partial charge in [-0.15, -0.1) is 0 Å². The van der Waals surface area contributed by atoms with Crippen molar-refractivity contribution in [3.63, 3.8) is 0 Å². The number of hydrogen-bond acceptors (Lipinski definition) is 6. The topological polar surface area (TPSA) is 75.5 Å². The molecule has 34 heavy (non-hydrogen) atoms. The Morgan fingerprint density at radius 2 is 1.79 bits per heavy atom. The molecule has 1 aromatic heterocycles. The average molecular weight is 511 g/mol. The second-order valence-corrected chi connectivity index (χ2v) is 11.7. The first-order chi connectivity index (χ1) is 16.3. The summed E-state index contributed by atoms with van der Waals surface area (Å²) in [5.74, 6) is -0.168. The molecule has 0 spiro atoms. The van der Waals surface area contributed by atoms with Crippen molar-refractivity contribution < 1.29 is 13.2 Å². The molecule has 5 rings (SSSR count). The molecule has 0 aliphatic carbocycles. The lowest BCUT2D eigenvalue weighted by Crippen LogP contribution is -2.27. The van der Waals surface area contributed by atoms with Gasteiger partial charge in [0.1, 0.15) is 10.0 Å². The van der Waals surface area contributed by atoms with E-state index in [1.165, 1.54) is 21.0 Å². The van der Waals surface area contributed by atoms with E-state index in [1.54, 1.807) is 36.0 Å². The van der Waals surface area contributed by atoms with Crippen molar-refractivity contribution >= 4 is 50.3 Å². The smallest absolute Gasteiger partial charge is 0.265 e. The Morgan fingerprint density at radius 1 is 1.06 bits per heavy atom. The summed E-state index contributed by atoms with van der Waals surface area (Å²) in [5.41, 5.74) is 2.80. The Bertz CT molecular complexity index is 1410. The van der Waals surface area contributed by atoms with Gasteiger partial charge in [0.25, 0.3) is 5.91 Å². The molecule has 10 heteroatoms. The number of sulfonamides is 1. The van der Waals surface area contributed by atoms with Gasteiger partial charge in [0.05, 0.1) is 15.5 Å². The second kappa shape index (κ2) is 9.10. The Labute approximate surface area is 208 Å². The van der Waals surface area contributed by atoms with Crippen LogP contribution in [0.3, 0.4) is 0 Å². The van der Waals surface area contributed by atoms with Gasteiger partial charge in [-0.05, 0) is 43.2 Å². The van der Waals surface area contributed by atoms with Crippen molar-refractivity contribution in [2.45, 2.75) is 17.7 Å². The highest BCUT2D eigenvalue weighted by molar-refractivity contribution is 8.26. The molecule has 2 aliphatic rings. The van der Waals surface area contributed by atoms with Gasteiger partial charge in [-0.2, -0.15) is 9.40 Å². The predicted molar refractivity (Wildman–Crippen MR) is 138 cm³/mol. The standard InChI is InChI=1S/C24H22N4O3S3/c1-26-23(29)21(33-24(26)32)15-18-16-28(19-9-3-2-4-10-19)25-22(18)17-8-7-11-20(14-17)34(30,31)27-12-5-6-13-27/h2-4,7-11,14-16H,5-6,12-13H2,1H3/b21-15-. The van der Waals surface area contributed by atoms with Crippen LogP contribution in [0.4, 0.5) is 0 Å². The first-order valence-electron chi connectivity index (χ1n) is 10.8. The molecular weight excluding hydrogens is 488 g/mol. The summed E-state index contributed by atoms with van der Waals surface area (Å²) >= 11 is 6.50.